The number of rotatable bonds is 8. The second-order valence-electron chi connectivity index (χ2n) is 6.55. The summed E-state index contributed by atoms with van der Waals surface area (Å²) in [5, 5.41) is 3.61. The average molecular weight is 270 g/mol. The van der Waals surface area contributed by atoms with E-state index >= 15 is 0 Å². The number of nitrogens with one attached hydrogen (secondary N) is 1. The van der Waals surface area contributed by atoms with E-state index in [1.807, 2.05) is 0 Å². The van der Waals surface area contributed by atoms with Crippen LogP contribution in [0.5, 0.6) is 0 Å². The predicted molar refractivity (Wildman–Crippen MR) is 82.6 cm³/mol. The fourth-order valence-electron chi connectivity index (χ4n) is 2.70. The lowest BCUT2D eigenvalue weighted by atomic mass is 9.95. The SMILES string of the molecule is CCC(C)C1CNC(C)CN1CCOCCC(C)C. The number of hydrogen-bond donors (Lipinski definition) is 1. The predicted octanol–water partition coefficient (Wildman–Crippen LogP) is 2.76. The van der Waals surface area contributed by atoms with Crippen LogP contribution in [0, 0.1) is 11.8 Å². The normalized spacial score (nSPS) is 26.8. The Morgan fingerprint density at radius 2 is 2.00 bits per heavy atom. The molecule has 1 rings (SSSR count). The second-order valence-corrected chi connectivity index (χ2v) is 6.55. The minimum atomic E-state index is 0.607. The van der Waals surface area contributed by atoms with Crippen LogP contribution in [0.1, 0.15) is 47.5 Å². The summed E-state index contributed by atoms with van der Waals surface area (Å²) in [4.78, 5) is 2.63. The van der Waals surface area contributed by atoms with Crippen LogP contribution in [-0.2, 0) is 4.74 Å². The van der Waals surface area contributed by atoms with Gasteiger partial charge in [-0.1, -0.05) is 34.1 Å². The van der Waals surface area contributed by atoms with Gasteiger partial charge in [-0.3, -0.25) is 4.90 Å². The van der Waals surface area contributed by atoms with Crippen LogP contribution in [0.2, 0.25) is 0 Å². The van der Waals surface area contributed by atoms with Crippen molar-refractivity contribution in [2.75, 3.05) is 32.8 Å². The summed E-state index contributed by atoms with van der Waals surface area (Å²) in [5.74, 6) is 1.50. The zero-order valence-corrected chi connectivity index (χ0v) is 13.6. The van der Waals surface area contributed by atoms with E-state index < -0.39 is 0 Å². The standard InChI is InChI=1S/C16H34N2O/c1-6-14(4)16-11-17-15(5)12-18(16)8-10-19-9-7-13(2)3/h13-17H,6-12H2,1-5H3. The summed E-state index contributed by atoms with van der Waals surface area (Å²) >= 11 is 0. The van der Waals surface area contributed by atoms with Gasteiger partial charge in [0.15, 0.2) is 0 Å². The van der Waals surface area contributed by atoms with E-state index in [1.54, 1.807) is 0 Å². The lowest BCUT2D eigenvalue weighted by Gasteiger charge is -2.42. The molecule has 1 N–H and O–H groups in total. The number of nitrogens with zero attached hydrogens (tertiary/aromatic N) is 1. The molecular weight excluding hydrogens is 236 g/mol. The number of ether oxygens (including phenoxy) is 1. The summed E-state index contributed by atoms with van der Waals surface area (Å²) in [6, 6.07) is 1.28. The quantitative estimate of drug-likeness (QED) is 0.686. The van der Waals surface area contributed by atoms with Crippen LogP contribution in [0.15, 0.2) is 0 Å². The molecule has 0 aromatic heterocycles. The fraction of sp³-hybridized carbons (Fsp3) is 1.00. The van der Waals surface area contributed by atoms with Crippen LogP contribution < -0.4 is 5.32 Å². The van der Waals surface area contributed by atoms with Gasteiger partial charge in [0, 0.05) is 38.3 Å². The van der Waals surface area contributed by atoms with Gasteiger partial charge in [-0.05, 0) is 25.2 Å². The first-order chi connectivity index (χ1) is 9.04. The Bertz CT molecular complexity index is 233. The van der Waals surface area contributed by atoms with Crippen LogP contribution in [0.3, 0.4) is 0 Å². The third-order valence-electron chi connectivity index (χ3n) is 4.32. The van der Waals surface area contributed by atoms with Crippen molar-refractivity contribution >= 4 is 0 Å². The minimum Gasteiger partial charge on any atom is -0.380 e. The molecule has 0 aromatic carbocycles. The fourth-order valence-corrected chi connectivity index (χ4v) is 2.70. The molecule has 0 spiro atoms. The van der Waals surface area contributed by atoms with Crippen molar-refractivity contribution in [2.45, 2.75) is 59.5 Å². The van der Waals surface area contributed by atoms with Gasteiger partial charge in [-0.15, -0.1) is 0 Å². The smallest absolute Gasteiger partial charge is 0.0593 e. The first kappa shape index (κ1) is 16.9. The lowest BCUT2D eigenvalue weighted by Crippen LogP contribution is -2.58. The second kappa shape index (κ2) is 8.93. The third kappa shape index (κ3) is 6.24. The summed E-state index contributed by atoms with van der Waals surface area (Å²) in [6.45, 7) is 16.6. The molecule has 114 valence electrons. The van der Waals surface area contributed by atoms with Crippen molar-refractivity contribution in [1.82, 2.24) is 10.2 Å². The van der Waals surface area contributed by atoms with Crippen molar-refractivity contribution in [2.24, 2.45) is 11.8 Å². The largest absolute Gasteiger partial charge is 0.380 e. The molecule has 3 unspecified atom stereocenters. The van der Waals surface area contributed by atoms with Crippen molar-refractivity contribution in [3.8, 4) is 0 Å². The maximum atomic E-state index is 5.78. The molecule has 1 heterocycles. The molecule has 0 bridgehead atoms. The topological polar surface area (TPSA) is 24.5 Å². The molecule has 0 saturated carbocycles. The molecule has 1 fully saturated rings. The van der Waals surface area contributed by atoms with Gasteiger partial charge in [-0.25, -0.2) is 0 Å². The minimum absolute atomic E-state index is 0.607. The van der Waals surface area contributed by atoms with Gasteiger partial charge in [-0.2, -0.15) is 0 Å². The zero-order valence-electron chi connectivity index (χ0n) is 13.6. The molecule has 1 saturated heterocycles. The summed E-state index contributed by atoms with van der Waals surface area (Å²) in [5.41, 5.74) is 0. The van der Waals surface area contributed by atoms with Crippen molar-refractivity contribution in [1.29, 1.82) is 0 Å². The Morgan fingerprint density at radius 3 is 2.63 bits per heavy atom. The van der Waals surface area contributed by atoms with Gasteiger partial charge >= 0.3 is 0 Å². The molecule has 3 heteroatoms. The first-order valence-corrected chi connectivity index (χ1v) is 8.09. The molecule has 0 aromatic rings. The van der Waals surface area contributed by atoms with Crippen LogP contribution >= 0.6 is 0 Å². The van der Waals surface area contributed by atoms with Crippen molar-refractivity contribution in [3.05, 3.63) is 0 Å². The van der Waals surface area contributed by atoms with Crippen LogP contribution in [0.25, 0.3) is 0 Å². The van der Waals surface area contributed by atoms with Crippen LogP contribution in [0.4, 0.5) is 0 Å². The lowest BCUT2D eigenvalue weighted by molar-refractivity contribution is 0.0462. The number of hydrogen-bond acceptors (Lipinski definition) is 3. The Hall–Kier alpha value is -0.120. The Balaban J connectivity index is 2.30. The molecule has 1 aliphatic rings. The maximum absolute atomic E-state index is 5.78. The van der Waals surface area contributed by atoms with E-state index in [4.69, 9.17) is 4.74 Å². The van der Waals surface area contributed by atoms with Gasteiger partial charge in [0.1, 0.15) is 0 Å². The van der Waals surface area contributed by atoms with E-state index in [-0.39, 0.29) is 0 Å². The molecule has 0 radical (unpaired) electrons. The Labute approximate surface area is 120 Å². The monoisotopic (exact) mass is 270 g/mol. The summed E-state index contributed by atoms with van der Waals surface area (Å²) in [7, 11) is 0. The Kier molecular flexibility index (Phi) is 7.96. The summed E-state index contributed by atoms with van der Waals surface area (Å²) < 4.78 is 5.78. The van der Waals surface area contributed by atoms with E-state index in [0.29, 0.717) is 12.1 Å². The van der Waals surface area contributed by atoms with Gasteiger partial charge in [0.2, 0.25) is 0 Å². The van der Waals surface area contributed by atoms with Gasteiger partial charge in [0.25, 0.3) is 0 Å². The summed E-state index contributed by atoms with van der Waals surface area (Å²) in [6.07, 6.45) is 2.43. The third-order valence-corrected chi connectivity index (χ3v) is 4.32. The molecular formula is C16H34N2O. The molecule has 19 heavy (non-hydrogen) atoms. The van der Waals surface area contributed by atoms with Crippen LogP contribution in [-0.4, -0.2) is 49.8 Å². The zero-order chi connectivity index (χ0) is 14.3. The highest BCUT2D eigenvalue weighted by molar-refractivity contribution is 4.86. The van der Waals surface area contributed by atoms with Gasteiger partial charge < -0.3 is 10.1 Å². The molecule has 0 amide bonds. The maximum Gasteiger partial charge on any atom is 0.0593 e. The van der Waals surface area contributed by atoms with Crippen molar-refractivity contribution < 1.29 is 4.74 Å². The average Bonchev–Trinajstić information content (AvgIpc) is 2.37. The van der Waals surface area contributed by atoms with E-state index in [2.05, 4.69) is 44.8 Å². The molecule has 3 nitrogen and oxygen atoms in total. The number of piperazine rings is 1. The van der Waals surface area contributed by atoms with E-state index in [0.717, 1.165) is 44.7 Å². The van der Waals surface area contributed by atoms with Crippen molar-refractivity contribution in [3.63, 3.8) is 0 Å². The molecule has 3 atom stereocenters. The van der Waals surface area contributed by atoms with Gasteiger partial charge in [0.05, 0.1) is 6.61 Å². The molecule has 1 aliphatic heterocycles. The Morgan fingerprint density at radius 1 is 1.26 bits per heavy atom. The van der Waals surface area contributed by atoms with E-state index in [1.165, 1.54) is 12.8 Å². The highest BCUT2D eigenvalue weighted by atomic mass is 16.5. The highest BCUT2D eigenvalue weighted by Gasteiger charge is 2.28. The highest BCUT2D eigenvalue weighted by Crippen LogP contribution is 2.17. The first-order valence-electron chi connectivity index (χ1n) is 8.09. The molecule has 0 aliphatic carbocycles. The van der Waals surface area contributed by atoms with E-state index in [9.17, 15) is 0 Å².